The third kappa shape index (κ3) is 3.58. The van der Waals surface area contributed by atoms with Crippen LogP contribution in [0.2, 0.25) is 0 Å². The van der Waals surface area contributed by atoms with Gasteiger partial charge in [-0.25, -0.2) is 0 Å². The highest BCUT2D eigenvalue weighted by Gasteiger charge is 2.13. The summed E-state index contributed by atoms with van der Waals surface area (Å²) in [5, 5.41) is 0. The zero-order chi connectivity index (χ0) is 13.9. The maximum absolute atomic E-state index is 11.1. The van der Waals surface area contributed by atoms with Gasteiger partial charge in [0.05, 0.1) is 0 Å². The first-order valence-corrected chi connectivity index (χ1v) is 5.88. The van der Waals surface area contributed by atoms with E-state index in [1.54, 1.807) is 12.1 Å². The van der Waals surface area contributed by atoms with Gasteiger partial charge < -0.3 is 10.5 Å². The molecule has 1 aromatic carbocycles. The van der Waals surface area contributed by atoms with Crippen LogP contribution in [-0.2, 0) is 4.79 Å². The van der Waals surface area contributed by atoms with Crippen LogP contribution in [0.25, 0.3) is 0 Å². The molecule has 2 N–H and O–H groups in total. The Bertz CT molecular complexity index is 457. The SMILES string of the molecule is CC(=O)CC(C)Oc1c(C)cc(C(N)=O)cc1C. The van der Waals surface area contributed by atoms with Gasteiger partial charge in [-0.2, -0.15) is 0 Å². The molecule has 1 unspecified atom stereocenters. The van der Waals surface area contributed by atoms with Gasteiger partial charge in [0.2, 0.25) is 5.91 Å². The number of nitrogens with two attached hydrogens (primary N) is 1. The van der Waals surface area contributed by atoms with Crippen molar-refractivity contribution in [3.8, 4) is 5.75 Å². The summed E-state index contributed by atoms with van der Waals surface area (Å²) in [4.78, 5) is 22.1. The van der Waals surface area contributed by atoms with Crippen LogP contribution in [-0.4, -0.2) is 17.8 Å². The van der Waals surface area contributed by atoms with Crippen LogP contribution in [0.5, 0.6) is 5.75 Å². The molecule has 0 bridgehead atoms. The summed E-state index contributed by atoms with van der Waals surface area (Å²) in [6, 6.07) is 3.40. The summed E-state index contributed by atoms with van der Waals surface area (Å²) < 4.78 is 5.75. The third-order valence-corrected chi connectivity index (χ3v) is 2.64. The lowest BCUT2D eigenvalue weighted by atomic mass is 10.0. The standard InChI is InChI=1S/C14H19NO3/c1-8-5-12(14(15)17)6-9(2)13(8)18-11(4)7-10(3)16/h5-6,11H,7H2,1-4H3,(H2,15,17). The molecule has 18 heavy (non-hydrogen) atoms. The minimum absolute atomic E-state index is 0.0894. The molecule has 1 atom stereocenters. The maximum atomic E-state index is 11.1. The number of amides is 1. The van der Waals surface area contributed by atoms with Crippen molar-refractivity contribution in [1.29, 1.82) is 0 Å². The molecule has 0 aliphatic carbocycles. The number of Topliss-reactive ketones (excluding diaryl/α,β-unsaturated/α-hetero) is 1. The van der Waals surface area contributed by atoms with Crippen LogP contribution in [0.1, 0.15) is 41.8 Å². The largest absolute Gasteiger partial charge is 0.490 e. The lowest BCUT2D eigenvalue weighted by Gasteiger charge is -2.18. The van der Waals surface area contributed by atoms with E-state index in [0.29, 0.717) is 17.7 Å². The Balaban J connectivity index is 2.96. The van der Waals surface area contributed by atoms with Crippen molar-refractivity contribution in [2.24, 2.45) is 5.73 Å². The minimum Gasteiger partial charge on any atom is -0.490 e. The molecule has 0 fully saturated rings. The van der Waals surface area contributed by atoms with Crippen LogP contribution in [0.3, 0.4) is 0 Å². The predicted molar refractivity (Wildman–Crippen MR) is 69.8 cm³/mol. The highest BCUT2D eigenvalue weighted by molar-refractivity contribution is 5.93. The van der Waals surface area contributed by atoms with E-state index in [9.17, 15) is 9.59 Å². The van der Waals surface area contributed by atoms with E-state index >= 15 is 0 Å². The lowest BCUT2D eigenvalue weighted by molar-refractivity contribution is -0.118. The molecule has 4 nitrogen and oxygen atoms in total. The summed E-state index contributed by atoms with van der Waals surface area (Å²) in [6.45, 7) is 7.10. The fraction of sp³-hybridized carbons (Fsp3) is 0.429. The molecule has 0 aromatic heterocycles. The Kier molecular flexibility index (Phi) is 4.48. The molecule has 0 aliphatic heterocycles. The van der Waals surface area contributed by atoms with Crippen LogP contribution >= 0.6 is 0 Å². The number of carbonyl (C=O) groups excluding carboxylic acids is 2. The molecule has 0 heterocycles. The van der Waals surface area contributed by atoms with Crippen molar-refractivity contribution < 1.29 is 14.3 Å². The molecule has 0 aliphatic rings. The summed E-state index contributed by atoms with van der Waals surface area (Å²) in [5.41, 5.74) is 7.41. The molecule has 1 rings (SSSR count). The Hall–Kier alpha value is -1.84. The molecular weight excluding hydrogens is 230 g/mol. The topological polar surface area (TPSA) is 69.4 Å². The molecule has 0 radical (unpaired) electrons. The minimum atomic E-state index is -0.454. The van der Waals surface area contributed by atoms with Crippen molar-refractivity contribution in [3.63, 3.8) is 0 Å². The maximum Gasteiger partial charge on any atom is 0.248 e. The van der Waals surface area contributed by atoms with Gasteiger partial charge in [-0.1, -0.05) is 0 Å². The smallest absolute Gasteiger partial charge is 0.248 e. The van der Waals surface area contributed by atoms with Crippen LogP contribution in [0, 0.1) is 13.8 Å². The summed E-state index contributed by atoms with van der Waals surface area (Å²) >= 11 is 0. The predicted octanol–water partition coefficient (Wildman–Crippen LogP) is 2.15. The summed E-state index contributed by atoms with van der Waals surface area (Å²) in [7, 11) is 0. The molecular formula is C14H19NO3. The van der Waals surface area contributed by atoms with Gasteiger partial charge in [0.15, 0.2) is 0 Å². The van der Waals surface area contributed by atoms with E-state index in [0.717, 1.165) is 11.1 Å². The van der Waals surface area contributed by atoms with E-state index in [1.807, 2.05) is 20.8 Å². The van der Waals surface area contributed by atoms with Gasteiger partial charge in [0.1, 0.15) is 17.6 Å². The lowest BCUT2D eigenvalue weighted by Crippen LogP contribution is -2.17. The molecule has 1 amide bonds. The van der Waals surface area contributed by atoms with Crippen molar-refractivity contribution in [2.45, 2.75) is 40.2 Å². The first-order chi connectivity index (χ1) is 8.31. The van der Waals surface area contributed by atoms with Gasteiger partial charge in [-0.3, -0.25) is 9.59 Å². The zero-order valence-corrected chi connectivity index (χ0v) is 11.2. The van der Waals surface area contributed by atoms with Gasteiger partial charge in [0.25, 0.3) is 0 Å². The second kappa shape index (κ2) is 5.67. The molecule has 1 aromatic rings. The number of ether oxygens (including phenoxy) is 1. The fourth-order valence-electron chi connectivity index (χ4n) is 1.93. The summed E-state index contributed by atoms with van der Waals surface area (Å²) in [6.07, 6.45) is 0.190. The van der Waals surface area contributed by atoms with Gasteiger partial charge in [0, 0.05) is 12.0 Å². The number of primary amides is 1. The Morgan fingerprint density at radius 3 is 2.17 bits per heavy atom. The first-order valence-electron chi connectivity index (χ1n) is 5.88. The number of hydrogen-bond donors (Lipinski definition) is 1. The van der Waals surface area contributed by atoms with Crippen molar-refractivity contribution in [1.82, 2.24) is 0 Å². The normalized spacial score (nSPS) is 12.0. The monoisotopic (exact) mass is 249 g/mol. The van der Waals surface area contributed by atoms with Crippen LogP contribution in [0.15, 0.2) is 12.1 Å². The number of aryl methyl sites for hydroxylation is 2. The van der Waals surface area contributed by atoms with E-state index in [4.69, 9.17) is 10.5 Å². The molecule has 0 spiro atoms. The third-order valence-electron chi connectivity index (χ3n) is 2.64. The zero-order valence-electron chi connectivity index (χ0n) is 11.2. The second-order valence-electron chi connectivity index (χ2n) is 4.64. The van der Waals surface area contributed by atoms with E-state index in [2.05, 4.69) is 0 Å². The second-order valence-corrected chi connectivity index (χ2v) is 4.64. The molecule has 0 saturated carbocycles. The van der Waals surface area contributed by atoms with Gasteiger partial charge in [-0.15, -0.1) is 0 Å². The molecule has 4 heteroatoms. The summed E-state index contributed by atoms with van der Waals surface area (Å²) in [5.74, 6) is 0.352. The molecule has 0 saturated heterocycles. The van der Waals surface area contributed by atoms with Crippen molar-refractivity contribution >= 4 is 11.7 Å². The van der Waals surface area contributed by atoms with Crippen LogP contribution < -0.4 is 10.5 Å². The van der Waals surface area contributed by atoms with E-state index in [-0.39, 0.29) is 11.9 Å². The molecule has 98 valence electrons. The number of benzene rings is 1. The fourth-order valence-corrected chi connectivity index (χ4v) is 1.93. The van der Waals surface area contributed by atoms with E-state index in [1.165, 1.54) is 6.92 Å². The van der Waals surface area contributed by atoms with Gasteiger partial charge in [-0.05, 0) is 51.0 Å². The number of carbonyl (C=O) groups is 2. The highest BCUT2D eigenvalue weighted by Crippen LogP contribution is 2.26. The van der Waals surface area contributed by atoms with Crippen molar-refractivity contribution in [2.75, 3.05) is 0 Å². The highest BCUT2D eigenvalue weighted by atomic mass is 16.5. The quantitative estimate of drug-likeness (QED) is 0.869. The Labute approximate surface area is 107 Å². The number of hydrogen-bond acceptors (Lipinski definition) is 3. The van der Waals surface area contributed by atoms with Crippen molar-refractivity contribution in [3.05, 3.63) is 28.8 Å². The Morgan fingerprint density at radius 2 is 1.78 bits per heavy atom. The first kappa shape index (κ1) is 14.2. The van der Waals surface area contributed by atoms with E-state index < -0.39 is 5.91 Å². The average molecular weight is 249 g/mol. The average Bonchev–Trinajstić information content (AvgIpc) is 2.21. The number of rotatable bonds is 5. The Morgan fingerprint density at radius 1 is 1.28 bits per heavy atom. The van der Waals surface area contributed by atoms with Gasteiger partial charge >= 0.3 is 0 Å². The van der Waals surface area contributed by atoms with Crippen LogP contribution in [0.4, 0.5) is 0 Å². The number of ketones is 1.